The molecule has 1 amide bonds. The van der Waals surface area contributed by atoms with Gasteiger partial charge in [0, 0.05) is 36.6 Å². The normalized spacial score (nSPS) is 24.7. The first-order valence-corrected chi connectivity index (χ1v) is 11.1. The number of H-pyrrole nitrogens is 1. The van der Waals surface area contributed by atoms with Crippen molar-refractivity contribution in [2.24, 2.45) is 11.3 Å². The fraction of sp³-hybridized carbons (Fsp3) is 0.320. The van der Waals surface area contributed by atoms with Gasteiger partial charge in [0.15, 0.2) is 11.6 Å². The summed E-state index contributed by atoms with van der Waals surface area (Å²) in [6.45, 7) is 0. The molecule has 2 heterocycles. The lowest BCUT2D eigenvalue weighted by atomic mass is 9.72. The van der Waals surface area contributed by atoms with Gasteiger partial charge < -0.3 is 15.0 Å². The molecule has 5 rings (SSSR count). The molecule has 0 bridgehead atoms. The van der Waals surface area contributed by atoms with E-state index < -0.39 is 34.8 Å². The summed E-state index contributed by atoms with van der Waals surface area (Å²) in [4.78, 5) is 30.7. The van der Waals surface area contributed by atoms with Crippen molar-refractivity contribution in [2.75, 3.05) is 5.32 Å². The summed E-state index contributed by atoms with van der Waals surface area (Å²) < 4.78 is 61.5. The number of aromatic nitrogens is 2. The Balaban J connectivity index is 1.23. The first kappa shape index (κ1) is 23.1. The average molecular weight is 487 g/mol. The van der Waals surface area contributed by atoms with E-state index in [1.54, 1.807) is 0 Å². The Bertz CT molecular complexity index is 1310. The van der Waals surface area contributed by atoms with Gasteiger partial charge in [-0.2, -0.15) is 0 Å². The molecular formula is C25H21F4N3O3. The summed E-state index contributed by atoms with van der Waals surface area (Å²) in [5.74, 6) is -6.05. The Morgan fingerprint density at radius 3 is 2.60 bits per heavy atom. The molecule has 35 heavy (non-hydrogen) atoms. The van der Waals surface area contributed by atoms with Gasteiger partial charge in [0.2, 0.25) is 11.5 Å². The molecule has 2 unspecified atom stereocenters. The molecule has 182 valence electrons. The number of nitrogens with one attached hydrogen (secondary N) is 2. The van der Waals surface area contributed by atoms with Crippen LogP contribution >= 0.6 is 0 Å². The van der Waals surface area contributed by atoms with Crippen molar-refractivity contribution in [3.8, 4) is 11.5 Å². The molecule has 3 aromatic rings. The Morgan fingerprint density at radius 2 is 1.91 bits per heavy atom. The Morgan fingerprint density at radius 1 is 1.09 bits per heavy atom. The van der Waals surface area contributed by atoms with Gasteiger partial charge in [0.1, 0.15) is 17.4 Å². The molecule has 2 fully saturated rings. The number of amides is 1. The lowest BCUT2D eigenvalue weighted by molar-refractivity contribution is -0.119. The van der Waals surface area contributed by atoms with Crippen LogP contribution in [0.25, 0.3) is 0 Å². The smallest absolute Gasteiger partial charge is 0.255 e. The minimum absolute atomic E-state index is 0.146. The number of pyridine rings is 2. The van der Waals surface area contributed by atoms with Crippen molar-refractivity contribution in [3.63, 3.8) is 0 Å². The van der Waals surface area contributed by atoms with E-state index in [-0.39, 0.29) is 48.0 Å². The van der Waals surface area contributed by atoms with Gasteiger partial charge in [-0.1, -0.05) is 6.07 Å². The van der Waals surface area contributed by atoms with E-state index >= 15 is 0 Å². The third-order valence-corrected chi connectivity index (χ3v) is 6.90. The number of benzene rings is 1. The number of aromatic amines is 1. The number of halogens is 4. The molecule has 0 aliphatic heterocycles. The quantitative estimate of drug-likeness (QED) is 0.473. The third-order valence-electron chi connectivity index (χ3n) is 6.90. The number of hydrogen-bond acceptors (Lipinski definition) is 4. The second kappa shape index (κ2) is 8.51. The largest absolute Gasteiger partial charge is 0.453 e. The van der Waals surface area contributed by atoms with E-state index in [4.69, 9.17) is 4.74 Å². The summed E-state index contributed by atoms with van der Waals surface area (Å²) in [6.07, 6.45) is 3.16. The van der Waals surface area contributed by atoms with Gasteiger partial charge in [0.05, 0.1) is 6.20 Å². The van der Waals surface area contributed by atoms with E-state index in [0.717, 1.165) is 12.1 Å². The predicted octanol–water partition coefficient (Wildman–Crippen LogP) is 5.39. The minimum Gasteiger partial charge on any atom is -0.453 e. The van der Waals surface area contributed by atoms with Crippen molar-refractivity contribution in [1.29, 1.82) is 0 Å². The summed E-state index contributed by atoms with van der Waals surface area (Å²) >= 11 is 0. The molecule has 0 radical (unpaired) electrons. The molecule has 0 saturated heterocycles. The predicted molar refractivity (Wildman–Crippen MR) is 118 cm³/mol. The Kier molecular flexibility index (Phi) is 5.61. The molecule has 2 aliphatic rings. The molecule has 2 aliphatic carbocycles. The second-order valence-corrected chi connectivity index (χ2v) is 9.17. The van der Waals surface area contributed by atoms with Gasteiger partial charge in [-0.3, -0.25) is 9.59 Å². The highest BCUT2D eigenvalue weighted by Crippen LogP contribution is 2.66. The first-order valence-electron chi connectivity index (χ1n) is 11.1. The minimum atomic E-state index is -2.92. The fourth-order valence-electron chi connectivity index (χ4n) is 4.88. The topological polar surface area (TPSA) is 84.1 Å². The Hall–Kier alpha value is -3.69. The number of ether oxygens (including phenoxy) is 1. The van der Waals surface area contributed by atoms with Crippen LogP contribution in [0.4, 0.5) is 23.4 Å². The van der Waals surface area contributed by atoms with E-state index in [0.29, 0.717) is 18.1 Å². The highest BCUT2D eigenvalue weighted by molar-refractivity contribution is 5.94. The van der Waals surface area contributed by atoms with Gasteiger partial charge in [-0.25, -0.2) is 22.5 Å². The number of carbonyl (C=O) groups excluding carboxylic acids is 1. The number of carbonyl (C=O) groups is 1. The number of nitrogens with zero attached hydrogens (tertiary/aromatic N) is 1. The summed E-state index contributed by atoms with van der Waals surface area (Å²) in [5, 5.41) is 2.70. The highest BCUT2D eigenvalue weighted by Gasteiger charge is 2.64. The number of hydrogen-bond donors (Lipinski definition) is 2. The molecule has 2 N–H and O–H groups in total. The van der Waals surface area contributed by atoms with Crippen LogP contribution in [0.1, 0.15) is 37.2 Å². The summed E-state index contributed by atoms with van der Waals surface area (Å²) in [7, 11) is 0. The highest BCUT2D eigenvalue weighted by atomic mass is 19.3. The van der Waals surface area contributed by atoms with Crippen LogP contribution in [0.5, 0.6) is 11.5 Å². The van der Waals surface area contributed by atoms with Crippen LogP contribution in [-0.2, 0) is 4.79 Å². The van der Waals surface area contributed by atoms with Crippen molar-refractivity contribution < 1.29 is 27.1 Å². The maximum Gasteiger partial charge on any atom is 0.255 e. The lowest BCUT2D eigenvalue weighted by Crippen LogP contribution is -2.36. The Labute approximate surface area is 197 Å². The molecule has 6 nitrogen and oxygen atoms in total. The molecule has 1 spiro atoms. The van der Waals surface area contributed by atoms with E-state index in [2.05, 4.69) is 15.3 Å². The number of alkyl halides is 2. The van der Waals surface area contributed by atoms with Crippen LogP contribution in [0.15, 0.2) is 59.7 Å². The maximum atomic E-state index is 14.7. The standard InChI is InChI=1S/C25H21F4N3O3/c26-15-2-4-20(19(27)9-15)35-16-3-5-21(30-13-16)32-23(34)18-11-24(18)7-8-25(28,29)17(10-24)14-1-6-22(33)31-12-14/h1-6,9,12-13,17-18H,7-8,10-11H2,(H,31,33)(H,30,32,34)/t17-,18?,24?/m1/s1. The van der Waals surface area contributed by atoms with Gasteiger partial charge in [0.25, 0.3) is 5.92 Å². The van der Waals surface area contributed by atoms with Gasteiger partial charge in [-0.05, 0) is 54.5 Å². The third kappa shape index (κ3) is 4.65. The SMILES string of the molecule is O=C(Nc1ccc(Oc2ccc(F)cc2F)cn1)C1CC12CCC(F)(F)[C@@H](c1ccc(=O)[nH]c1)C2. The summed E-state index contributed by atoms with van der Waals surface area (Å²) in [5.41, 5.74) is -0.525. The van der Waals surface area contributed by atoms with Crippen LogP contribution in [0.3, 0.4) is 0 Å². The van der Waals surface area contributed by atoms with Crippen molar-refractivity contribution >= 4 is 11.7 Å². The van der Waals surface area contributed by atoms with E-state index in [1.807, 2.05) is 0 Å². The number of anilines is 1. The van der Waals surface area contributed by atoms with Crippen LogP contribution in [0.2, 0.25) is 0 Å². The summed E-state index contributed by atoms with van der Waals surface area (Å²) in [6, 6.07) is 8.51. The zero-order chi connectivity index (χ0) is 24.8. The lowest BCUT2D eigenvalue weighted by Gasteiger charge is -2.37. The molecule has 10 heteroatoms. The molecular weight excluding hydrogens is 466 g/mol. The zero-order valence-electron chi connectivity index (χ0n) is 18.4. The molecule has 1 aromatic carbocycles. The van der Waals surface area contributed by atoms with Crippen molar-refractivity contribution in [2.45, 2.75) is 37.5 Å². The molecule has 2 aromatic heterocycles. The van der Waals surface area contributed by atoms with E-state index in [1.165, 1.54) is 36.7 Å². The average Bonchev–Trinajstić information content (AvgIpc) is 3.53. The monoisotopic (exact) mass is 487 g/mol. The van der Waals surface area contributed by atoms with Gasteiger partial charge >= 0.3 is 0 Å². The van der Waals surface area contributed by atoms with E-state index in [9.17, 15) is 27.2 Å². The van der Waals surface area contributed by atoms with Gasteiger partial charge in [-0.15, -0.1) is 0 Å². The first-order chi connectivity index (χ1) is 16.6. The maximum absolute atomic E-state index is 14.7. The van der Waals surface area contributed by atoms with Crippen LogP contribution in [-0.4, -0.2) is 21.8 Å². The molecule has 2 saturated carbocycles. The second-order valence-electron chi connectivity index (χ2n) is 9.17. The van der Waals surface area contributed by atoms with Crippen LogP contribution < -0.4 is 15.6 Å². The molecule has 3 atom stereocenters. The van der Waals surface area contributed by atoms with Crippen molar-refractivity contribution in [3.05, 3.63) is 82.4 Å². The number of rotatable bonds is 5. The van der Waals surface area contributed by atoms with Crippen LogP contribution in [0, 0.1) is 23.0 Å². The fourth-order valence-corrected chi connectivity index (χ4v) is 4.88. The zero-order valence-corrected chi connectivity index (χ0v) is 18.4. The van der Waals surface area contributed by atoms with Crippen molar-refractivity contribution in [1.82, 2.24) is 9.97 Å².